The summed E-state index contributed by atoms with van der Waals surface area (Å²) in [6.45, 7) is 12.8. The first-order valence-corrected chi connectivity index (χ1v) is 11.8. The molecule has 2 aliphatic carbocycles. The molecule has 162 valence electrons. The van der Waals surface area contributed by atoms with E-state index in [0.29, 0.717) is 10.6 Å². The molecule has 0 radical (unpaired) electrons. The van der Waals surface area contributed by atoms with E-state index in [2.05, 4.69) is 39.5 Å². The van der Waals surface area contributed by atoms with E-state index in [1.807, 2.05) is 23.5 Å². The molecule has 1 saturated carbocycles. The van der Waals surface area contributed by atoms with E-state index in [0.717, 1.165) is 18.2 Å². The van der Waals surface area contributed by atoms with Crippen LogP contribution in [0.15, 0.2) is 24.3 Å². The molecule has 0 spiro atoms. The number of thiophene rings is 1. The van der Waals surface area contributed by atoms with Crippen molar-refractivity contribution >= 4 is 27.9 Å². The number of nitrogens with zero attached hydrogens (tertiary/aromatic N) is 2. The minimum atomic E-state index is -0.499. The van der Waals surface area contributed by atoms with Gasteiger partial charge >= 0.3 is 0 Å². The summed E-state index contributed by atoms with van der Waals surface area (Å²) in [5.41, 5.74) is 4.89. The molecule has 2 aromatic rings. The van der Waals surface area contributed by atoms with E-state index in [4.69, 9.17) is 0 Å². The third-order valence-corrected chi connectivity index (χ3v) is 8.56. The number of hydrogen-bond donors (Lipinski definition) is 0. The molecule has 1 fully saturated rings. The van der Waals surface area contributed by atoms with Crippen LogP contribution >= 0.6 is 11.3 Å². The molecule has 0 unspecified atom stereocenters. The van der Waals surface area contributed by atoms with Crippen LogP contribution in [0, 0.1) is 18.0 Å². The highest BCUT2D eigenvalue weighted by Crippen LogP contribution is 2.54. The molecule has 0 saturated heterocycles. The summed E-state index contributed by atoms with van der Waals surface area (Å²) < 4.78 is 0. The van der Waals surface area contributed by atoms with Crippen LogP contribution in [0.4, 0.5) is 10.7 Å². The zero-order chi connectivity index (χ0) is 21.8. The van der Waals surface area contributed by atoms with Crippen molar-refractivity contribution in [3.8, 4) is 0 Å². The van der Waals surface area contributed by atoms with Crippen molar-refractivity contribution in [2.24, 2.45) is 5.92 Å². The first kappa shape index (κ1) is 21.4. The Kier molecular flexibility index (Phi) is 5.26. The van der Waals surface area contributed by atoms with Gasteiger partial charge in [0.05, 0.1) is 5.00 Å². The minimum Gasteiger partial charge on any atom is -0.756 e. The molecule has 4 rings (SSSR count). The van der Waals surface area contributed by atoms with Crippen LogP contribution in [0.25, 0.3) is 0 Å². The van der Waals surface area contributed by atoms with E-state index in [1.54, 1.807) is 17.7 Å². The van der Waals surface area contributed by atoms with Gasteiger partial charge in [-0.05, 0) is 91.8 Å². The van der Waals surface area contributed by atoms with Crippen LogP contribution in [0.5, 0.6) is 0 Å². The Labute approximate surface area is 184 Å². The lowest BCUT2D eigenvalue weighted by Gasteiger charge is -2.39. The van der Waals surface area contributed by atoms with Crippen LogP contribution in [0.3, 0.4) is 0 Å². The second-order valence-corrected chi connectivity index (χ2v) is 11.4. The van der Waals surface area contributed by atoms with Crippen LogP contribution in [0.2, 0.25) is 0 Å². The van der Waals surface area contributed by atoms with Crippen molar-refractivity contribution in [1.29, 1.82) is 0 Å². The smallest absolute Gasteiger partial charge is 0.243 e. The normalized spacial score (nSPS) is 19.3. The Morgan fingerprint density at radius 2 is 1.70 bits per heavy atom. The number of rotatable bonds is 5. The lowest BCUT2D eigenvalue weighted by molar-refractivity contribution is 0.0850. The Hall–Kier alpha value is -1.85. The molecule has 1 heterocycles. The summed E-state index contributed by atoms with van der Waals surface area (Å²) in [4.78, 5) is 16.0. The SMILES string of the molecule is Cc1c(N(CC2CC2)c2ccc(C(=O)N(C)[O-])cc2)sc2c1C(C)(C)CCC2(C)C. The second kappa shape index (κ2) is 7.38. The summed E-state index contributed by atoms with van der Waals surface area (Å²) in [5, 5.41) is 13.1. The fraction of sp³-hybridized carbons (Fsp3) is 0.560. The summed E-state index contributed by atoms with van der Waals surface area (Å²) in [7, 11) is 1.25. The number of anilines is 2. The molecule has 1 aromatic carbocycles. The summed E-state index contributed by atoms with van der Waals surface area (Å²) in [5.74, 6) is 0.236. The van der Waals surface area contributed by atoms with Crippen LogP contribution in [-0.2, 0) is 10.8 Å². The van der Waals surface area contributed by atoms with Crippen molar-refractivity contribution < 1.29 is 4.79 Å². The van der Waals surface area contributed by atoms with Crippen LogP contribution < -0.4 is 4.90 Å². The minimum absolute atomic E-state index is 0.198. The lowest BCUT2D eigenvalue weighted by atomic mass is 9.66. The quantitative estimate of drug-likeness (QED) is 0.512. The summed E-state index contributed by atoms with van der Waals surface area (Å²) in [6.07, 6.45) is 5.00. The molecular weight excluding hydrogens is 392 g/mol. The fourth-order valence-electron chi connectivity index (χ4n) is 4.74. The van der Waals surface area contributed by atoms with Gasteiger partial charge in [-0.25, -0.2) is 0 Å². The molecule has 1 amide bonds. The maximum atomic E-state index is 12.0. The third-order valence-electron chi connectivity index (χ3n) is 6.88. The Bertz CT molecular complexity index is 952. The van der Waals surface area contributed by atoms with Crippen molar-refractivity contribution in [3.05, 3.63) is 51.0 Å². The third kappa shape index (κ3) is 3.78. The first-order chi connectivity index (χ1) is 14.0. The largest absolute Gasteiger partial charge is 0.756 e. The first-order valence-electron chi connectivity index (χ1n) is 11.0. The van der Waals surface area contributed by atoms with Gasteiger partial charge in [0.25, 0.3) is 0 Å². The van der Waals surface area contributed by atoms with Crippen molar-refractivity contribution in [2.45, 2.75) is 71.1 Å². The van der Waals surface area contributed by atoms with Crippen LogP contribution in [0.1, 0.15) is 79.7 Å². The molecule has 5 heteroatoms. The van der Waals surface area contributed by atoms with Gasteiger partial charge in [0.2, 0.25) is 5.91 Å². The summed E-state index contributed by atoms with van der Waals surface area (Å²) >= 11 is 1.96. The molecule has 2 aliphatic rings. The number of amides is 1. The van der Waals surface area contributed by atoms with E-state index in [1.165, 1.54) is 48.2 Å². The zero-order valence-corrected chi connectivity index (χ0v) is 19.9. The van der Waals surface area contributed by atoms with Crippen molar-refractivity contribution in [2.75, 3.05) is 18.5 Å². The van der Waals surface area contributed by atoms with Gasteiger partial charge < -0.3 is 15.2 Å². The van der Waals surface area contributed by atoms with E-state index in [-0.39, 0.29) is 10.8 Å². The monoisotopic (exact) mass is 425 g/mol. The fourth-order valence-corrected chi connectivity index (χ4v) is 6.39. The topological polar surface area (TPSA) is 46.6 Å². The predicted molar refractivity (Wildman–Crippen MR) is 126 cm³/mol. The average Bonchev–Trinajstić information content (AvgIpc) is 3.43. The highest BCUT2D eigenvalue weighted by molar-refractivity contribution is 7.16. The maximum absolute atomic E-state index is 12.0. The molecule has 30 heavy (non-hydrogen) atoms. The molecule has 0 atom stereocenters. The van der Waals surface area contributed by atoms with E-state index < -0.39 is 5.91 Å². The number of hydrogen-bond acceptors (Lipinski definition) is 4. The molecule has 0 N–H and O–H groups in total. The zero-order valence-electron chi connectivity index (χ0n) is 19.0. The average molecular weight is 426 g/mol. The molecule has 4 nitrogen and oxygen atoms in total. The number of hydroxylamine groups is 2. The Morgan fingerprint density at radius 3 is 2.23 bits per heavy atom. The van der Waals surface area contributed by atoms with Crippen molar-refractivity contribution in [3.63, 3.8) is 0 Å². The van der Waals surface area contributed by atoms with E-state index >= 15 is 0 Å². The van der Waals surface area contributed by atoms with Gasteiger partial charge in [0.1, 0.15) is 0 Å². The molecular formula is C25H33N2O2S-. The van der Waals surface area contributed by atoms with Crippen molar-refractivity contribution in [1.82, 2.24) is 5.06 Å². The number of fused-ring (bicyclic) bond motifs is 1. The van der Waals surface area contributed by atoms with Crippen LogP contribution in [-0.4, -0.2) is 24.6 Å². The molecule has 0 aliphatic heterocycles. The van der Waals surface area contributed by atoms with Gasteiger partial charge in [0.15, 0.2) is 0 Å². The maximum Gasteiger partial charge on any atom is 0.243 e. The number of carbonyl (C=O) groups is 1. The van der Waals surface area contributed by atoms with E-state index in [9.17, 15) is 10.0 Å². The lowest BCUT2D eigenvalue weighted by Crippen LogP contribution is -2.32. The standard InChI is InChI=1S/C25H33N2O2S/c1-16-20-21(25(4,5)14-13-24(20,2)3)30-23(16)27(15-17-7-8-17)19-11-9-18(10-12-19)22(28)26(6)29/h9-12,17H,7-8,13-15H2,1-6H3/q-1. The highest BCUT2D eigenvalue weighted by atomic mass is 32.1. The second-order valence-electron chi connectivity index (χ2n) is 10.4. The van der Waals surface area contributed by atoms with Gasteiger partial charge in [-0.3, -0.25) is 4.79 Å². The number of carbonyl (C=O) groups excluding carboxylic acids is 1. The van der Waals surface area contributed by atoms with Gasteiger partial charge in [-0.1, -0.05) is 27.7 Å². The molecule has 1 aromatic heterocycles. The Balaban J connectivity index is 1.77. The predicted octanol–water partition coefficient (Wildman–Crippen LogP) is 6.52. The highest BCUT2D eigenvalue weighted by Gasteiger charge is 2.41. The Morgan fingerprint density at radius 1 is 1.10 bits per heavy atom. The molecule has 0 bridgehead atoms. The van der Waals surface area contributed by atoms with Gasteiger partial charge in [0, 0.05) is 22.7 Å². The van der Waals surface area contributed by atoms with Gasteiger partial charge in [-0.2, -0.15) is 0 Å². The number of benzene rings is 1. The van der Waals surface area contributed by atoms with Gasteiger partial charge in [-0.15, -0.1) is 11.3 Å². The summed E-state index contributed by atoms with van der Waals surface area (Å²) in [6, 6.07) is 7.55.